The van der Waals surface area contributed by atoms with Crippen molar-refractivity contribution < 1.29 is 9.59 Å². The van der Waals surface area contributed by atoms with E-state index in [1.54, 1.807) is 13.8 Å². The van der Waals surface area contributed by atoms with Crippen molar-refractivity contribution in [2.24, 2.45) is 0 Å². The number of anilines is 3. The molecule has 0 aliphatic carbocycles. The molecule has 1 N–H and O–H groups in total. The first-order chi connectivity index (χ1) is 17.4. The zero-order valence-electron chi connectivity index (χ0n) is 21.5. The van der Waals surface area contributed by atoms with Gasteiger partial charge in [0.25, 0.3) is 0 Å². The van der Waals surface area contributed by atoms with Crippen molar-refractivity contribution in [1.82, 2.24) is 0 Å². The first-order valence-electron chi connectivity index (χ1n) is 13.1. The second-order valence-electron chi connectivity index (χ2n) is 10.2. The Bertz CT molecular complexity index is 1240. The summed E-state index contributed by atoms with van der Waals surface area (Å²) in [6, 6.07) is 23.1. The van der Waals surface area contributed by atoms with Crippen LogP contribution in [-0.2, 0) is 4.79 Å². The fourth-order valence-corrected chi connectivity index (χ4v) is 5.68. The van der Waals surface area contributed by atoms with Crippen molar-refractivity contribution in [3.05, 3.63) is 77.9 Å². The number of rotatable bonds is 5. The molecule has 0 spiro atoms. The number of amides is 1. The number of hydrogen-bond acceptors (Lipinski definition) is 4. The molecule has 5 nitrogen and oxygen atoms in total. The molecule has 5 rings (SSSR count). The highest BCUT2D eigenvalue weighted by molar-refractivity contribution is 5.95. The number of Topliss-reactive ketones (excluding diaryl/α,β-unsaturated/α-hetero) is 1. The molecule has 2 atom stereocenters. The smallest absolute Gasteiger partial charge is 0.224 e. The van der Waals surface area contributed by atoms with Crippen molar-refractivity contribution in [2.45, 2.75) is 58.5 Å². The lowest BCUT2D eigenvalue weighted by Crippen LogP contribution is -2.43. The van der Waals surface area contributed by atoms with E-state index in [2.05, 4.69) is 59.6 Å². The third kappa shape index (κ3) is 4.88. The molecule has 0 radical (unpaired) electrons. The summed E-state index contributed by atoms with van der Waals surface area (Å²) in [6.45, 7) is 7.60. The van der Waals surface area contributed by atoms with Gasteiger partial charge in [-0.3, -0.25) is 9.59 Å². The lowest BCUT2D eigenvalue weighted by molar-refractivity contribution is -0.117. The van der Waals surface area contributed by atoms with E-state index >= 15 is 0 Å². The summed E-state index contributed by atoms with van der Waals surface area (Å²) in [5.74, 6) is 0.123. The molecule has 0 aromatic heterocycles. The quantitative estimate of drug-likeness (QED) is 0.405. The summed E-state index contributed by atoms with van der Waals surface area (Å²) in [5, 5.41) is 3.67. The molecule has 186 valence electrons. The summed E-state index contributed by atoms with van der Waals surface area (Å²) in [4.78, 5) is 28.6. The Balaban J connectivity index is 1.46. The van der Waals surface area contributed by atoms with E-state index in [9.17, 15) is 9.59 Å². The molecule has 36 heavy (non-hydrogen) atoms. The van der Waals surface area contributed by atoms with Gasteiger partial charge in [-0.2, -0.15) is 0 Å². The Hall–Kier alpha value is -3.60. The molecule has 3 aromatic rings. The van der Waals surface area contributed by atoms with Crippen LogP contribution in [0.2, 0.25) is 0 Å². The maximum atomic E-state index is 12.5. The van der Waals surface area contributed by atoms with E-state index in [-0.39, 0.29) is 23.8 Å². The van der Waals surface area contributed by atoms with Crippen LogP contribution in [-0.4, -0.2) is 30.8 Å². The lowest BCUT2D eigenvalue weighted by atomic mass is 9.88. The number of benzene rings is 3. The van der Waals surface area contributed by atoms with E-state index in [0.29, 0.717) is 5.56 Å². The minimum absolute atomic E-state index is 0.0568. The van der Waals surface area contributed by atoms with Crippen LogP contribution in [0.3, 0.4) is 0 Å². The summed E-state index contributed by atoms with van der Waals surface area (Å²) in [7, 11) is 0. The Labute approximate surface area is 214 Å². The normalized spacial score (nSPS) is 19.5. The van der Waals surface area contributed by atoms with Crippen molar-refractivity contribution >= 4 is 28.8 Å². The number of carbonyl (C=O) groups is 2. The summed E-state index contributed by atoms with van der Waals surface area (Å²) >= 11 is 0. The predicted molar refractivity (Wildman–Crippen MR) is 148 cm³/mol. The minimum atomic E-state index is 0.0568. The van der Waals surface area contributed by atoms with Gasteiger partial charge in [0.15, 0.2) is 5.78 Å². The van der Waals surface area contributed by atoms with E-state index in [4.69, 9.17) is 0 Å². The van der Waals surface area contributed by atoms with Crippen LogP contribution in [0.5, 0.6) is 0 Å². The fraction of sp³-hybridized carbons (Fsp3) is 0.355. The monoisotopic (exact) mass is 481 g/mol. The lowest BCUT2D eigenvalue weighted by Gasteiger charge is -2.39. The molecule has 1 saturated heterocycles. The van der Waals surface area contributed by atoms with Gasteiger partial charge in [0, 0.05) is 48.7 Å². The van der Waals surface area contributed by atoms with E-state index in [0.717, 1.165) is 42.0 Å². The third-order valence-electron chi connectivity index (χ3n) is 7.57. The third-order valence-corrected chi connectivity index (χ3v) is 7.57. The van der Waals surface area contributed by atoms with Gasteiger partial charge in [-0.25, -0.2) is 0 Å². The number of nitrogens with one attached hydrogen (secondary N) is 1. The second-order valence-corrected chi connectivity index (χ2v) is 10.2. The number of piperidine rings is 1. The Morgan fingerprint density at radius 1 is 0.833 bits per heavy atom. The van der Waals surface area contributed by atoms with Crippen LogP contribution < -0.4 is 15.1 Å². The molecule has 0 saturated carbocycles. The molecule has 5 heteroatoms. The predicted octanol–water partition coefficient (Wildman–Crippen LogP) is 6.84. The van der Waals surface area contributed by atoms with Gasteiger partial charge in [-0.05, 0) is 105 Å². The number of nitrogens with zero attached hydrogens (tertiary/aromatic N) is 2. The van der Waals surface area contributed by atoms with Crippen LogP contribution >= 0.6 is 0 Å². The molecular formula is C31H35N3O2. The second kappa shape index (κ2) is 10.2. The van der Waals surface area contributed by atoms with Crippen molar-refractivity contribution in [3.8, 4) is 11.1 Å². The molecule has 1 fully saturated rings. The molecule has 2 aliphatic rings. The molecule has 3 aromatic carbocycles. The highest BCUT2D eigenvalue weighted by Gasteiger charge is 2.32. The van der Waals surface area contributed by atoms with Crippen molar-refractivity contribution in [2.75, 3.05) is 28.2 Å². The van der Waals surface area contributed by atoms with Crippen LogP contribution in [0.15, 0.2) is 66.7 Å². The van der Waals surface area contributed by atoms with Gasteiger partial charge >= 0.3 is 0 Å². The van der Waals surface area contributed by atoms with E-state index < -0.39 is 0 Å². The molecule has 0 bridgehead atoms. The van der Waals surface area contributed by atoms with Crippen LogP contribution in [0.1, 0.15) is 68.4 Å². The summed E-state index contributed by atoms with van der Waals surface area (Å²) < 4.78 is 0. The largest absolute Gasteiger partial charge is 0.378 e. The maximum absolute atomic E-state index is 12.5. The topological polar surface area (TPSA) is 52.7 Å². The summed E-state index contributed by atoms with van der Waals surface area (Å²) in [5.41, 5.74) is 7.38. The van der Waals surface area contributed by atoms with Gasteiger partial charge in [0.2, 0.25) is 5.91 Å². The average molecular weight is 482 g/mol. The maximum Gasteiger partial charge on any atom is 0.224 e. The van der Waals surface area contributed by atoms with Gasteiger partial charge < -0.3 is 15.1 Å². The zero-order valence-corrected chi connectivity index (χ0v) is 21.5. The Morgan fingerprint density at radius 3 is 2.14 bits per heavy atom. The number of fused-ring (bicyclic) bond motifs is 1. The fourth-order valence-electron chi connectivity index (χ4n) is 5.68. The van der Waals surface area contributed by atoms with Crippen molar-refractivity contribution in [1.29, 1.82) is 0 Å². The van der Waals surface area contributed by atoms with Crippen molar-refractivity contribution in [3.63, 3.8) is 0 Å². The van der Waals surface area contributed by atoms with E-state index in [1.807, 2.05) is 29.2 Å². The van der Waals surface area contributed by atoms with E-state index in [1.165, 1.54) is 30.5 Å². The number of ketones is 1. The Kier molecular flexibility index (Phi) is 6.82. The molecule has 1 amide bonds. The molecule has 2 heterocycles. The summed E-state index contributed by atoms with van der Waals surface area (Å²) in [6.07, 6.45) is 4.67. The Morgan fingerprint density at radius 2 is 1.50 bits per heavy atom. The van der Waals surface area contributed by atoms with Gasteiger partial charge in [-0.1, -0.05) is 18.2 Å². The first-order valence-corrected chi connectivity index (χ1v) is 13.1. The zero-order chi connectivity index (χ0) is 25.2. The van der Waals surface area contributed by atoms with Crippen LogP contribution in [0, 0.1) is 0 Å². The number of hydrogen-bond donors (Lipinski definition) is 1. The van der Waals surface area contributed by atoms with Gasteiger partial charge in [0.1, 0.15) is 0 Å². The van der Waals surface area contributed by atoms with Crippen LogP contribution in [0.4, 0.5) is 17.1 Å². The molecule has 2 aliphatic heterocycles. The first kappa shape index (κ1) is 24.1. The SMILES string of the molecule is CC(=O)c1ccc(N[C@H]2C[C@@H](C)N(C(C)=O)c3ccc(-c4ccc(N5CCCCC5)cc4)cc32)cc1. The standard InChI is InChI=1S/C31H35N3O2/c1-21-19-30(32-27-12-7-24(8-13-27)22(2)35)29-20-26(11-16-31(29)34(21)23(3)36)25-9-14-28(15-10-25)33-17-5-4-6-18-33/h7-16,20-21,30,32H,4-6,17-19H2,1-3H3/t21-,30+/m1/s1. The molecule has 0 unspecified atom stereocenters. The average Bonchev–Trinajstić information content (AvgIpc) is 2.89. The highest BCUT2D eigenvalue weighted by Crippen LogP contribution is 2.41. The van der Waals surface area contributed by atoms with Gasteiger partial charge in [-0.15, -0.1) is 0 Å². The highest BCUT2D eigenvalue weighted by atomic mass is 16.2. The van der Waals surface area contributed by atoms with Crippen LogP contribution in [0.25, 0.3) is 11.1 Å². The van der Waals surface area contributed by atoms with Gasteiger partial charge in [0.05, 0.1) is 6.04 Å². The minimum Gasteiger partial charge on any atom is -0.378 e. The molecular weight excluding hydrogens is 446 g/mol. The number of carbonyl (C=O) groups excluding carboxylic acids is 2.